The average Bonchev–Trinajstić information content (AvgIpc) is 2.87. The lowest BCUT2D eigenvalue weighted by atomic mass is 9.82. The summed E-state index contributed by atoms with van der Waals surface area (Å²) in [6.45, 7) is 4.09. The normalized spacial score (nSPS) is 17.1. The van der Waals surface area contributed by atoms with Crippen LogP contribution >= 0.6 is 0 Å². The first-order chi connectivity index (χ1) is 9.60. The Balaban J connectivity index is 2.15. The molecule has 0 aromatic heterocycles. The van der Waals surface area contributed by atoms with Crippen LogP contribution in [0.1, 0.15) is 58.3 Å². The van der Waals surface area contributed by atoms with Crippen molar-refractivity contribution in [3.63, 3.8) is 0 Å². The summed E-state index contributed by atoms with van der Waals surface area (Å²) >= 11 is 0. The van der Waals surface area contributed by atoms with Gasteiger partial charge < -0.3 is 15.2 Å². The Morgan fingerprint density at radius 1 is 1.20 bits per heavy atom. The Hall–Kier alpha value is -1.10. The highest BCUT2D eigenvalue weighted by molar-refractivity contribution is 5.85. The summed E-state index contributed by atoms with van der Waals surface area (Å²) < 4.78 is 5.40. The molecule has 1 aliphatic rings. The zero-order valence-corrected chi connectivity index (χ0v) is 12.5. The number of rotatable bonds is 10. The van der Waals surface area contributed by atoms with Crippen LogP contribution in [0.4, 0.5) is 0 Å². The Morgan fingerprint density at radius 3 is 2.45 bits per heavy atom. The van der Waals surface area contributed by atoms with Crippen LogP contribution in [0.3, 0.4) is 0 Å². The average molecular weight is 285 g/mol. The van der Waals surface area contributed by atoms with Crippen molar-refractivity contribution in [3.8, 4) is 0 Å². The van der Waals surface area contributed by atoms with Gasteiger partial charge in [0.2, 0.25) is 5.91 Å². The van der Waals surface area contributed by atoms with E-state index < -0.39 is 11.4 Å². The van der Waals surface area contributed by atoms with Crippen molar-refractivity contribution < 1.29 is 19.4 Å². The van der Waals surface area contributed by atoms with Gasteiger partial charge in [0.15, 0.2) is 0 Å². The largest absolute Gasteiger partial charge is 0.481 e. The maximum Gasteiger partial charge on any atom is 0.310 e. The molecule has 116 valence electrons. The van der Waals surface area contributed by atoms with E-state index in [0.717, 1.165) is 38.7 Å². The summed E-state index contributed by atoms with van der Waals surface area (Å²) in [5.74, 6) is -0.976. The molecule has 2 N–H and O–H groups in total. The highest BCUT2D eigenvalue weighted by atomic mass is 16.5. The van der Waals surface area contributed by atoms with Crippen LogP contribution in [0.2, 0.25) is 0 Å². The third-order valence-electron chi connectivity index (χ3n) is 3.94. The van der Waals surface area contributed by atoms with E-state index in [1.54, 1.807) is 0 Å². The number of carboxylic acid groups (broad SMARTS) is 1. The highest BCUT2D eigenvalue weighted by Crippen LogP contribution is 2.41. The van der Waals surface area contributed by atoms with Gasteiger partial charge in [0, 0.05) is 26.2 Å². The molecular weight excluding hydrogens is 258 g/mol. The fraction of sp³-hybridized carbons (Fsp3) is 0.867. The van der Waals surface area contributed by atoms with Gasteiger partial charge in [0.25, 0.3) is 0 Å². The molecule has 0 spiro atoms. The monoisotopic (exact) mass is 285 g/mol. The Labute approximate surface area is 121 Å². The van der Waals surface area contributed by atoms with Gasteiger partial charge in [-0.3, -0.25) is 9.59 Å². The van der Waals surface area contributed by atoms with Gasteiger partial charge in [-0.1, -0.05) is 26.2 Å². The molecule has 0 aromatic carbocycles. The molecule has 1 saturated carbocycles. The van der Waals surface area contributed by atoms with Crippen LogP contribution in [0.25, 0.3) is 0 Å². The third-order valence-corrected chi connectivity index (χ3v) is 3.94. The molecule has 0 heterocycles. The summed E-state index contributed by atoms with van der Waals surface area (Å²) in [6.07, 6.45) is 6.12. The molecule has 0 aliphatic heterocycles. The number of carbonyl (C=O) groups excluding carboxylic acids is 1. The number of aliphatic carboxylic acids is 1. The molecule has 1 rings (SSSR count). The first-order valence-corrected chi connectivity index (χ1v) is 7.68. The van der Waals surface area contributed by atoms with Crippen LogP contribution in [-0.2, 0) is 14.3 Å². The van der Waals surface area contributed by atoms with Crippen molar-refractivity contribution >= 4 is 11.9 Å². The Bertz CT molecular complexity index is 311. The van der Waals surface area contributed by atoms with E-state index in [0.29, 0.717) is 26.0 Å². The lowest BCUT2D eigenvalue weighted by Crippen LogP contribution is -2.36. The van der Waals surface area contributed by atoms with Gasteiger partial charge >= 0.3 is 5.97 Å². The number of amides is 1. The molecule has 0 radical (unpaired) electrons. The minimum Gasteiger partial charge on any atom is -0.481 e. The predicted molar refractivity (Wildman–Crippen MR) is 76.5 cm³/mol. The van der Waals surface area contributed by atoms with Crippen LogP contribution < -0.4 is 5.32 Å². The Kier molecular flexibility index (Phi) is 7.59. The highest BCUT2D eigenvalue weighted by Gasteiger charge is 2.42. The summed E-state index contributed by atoms with van der Waals surface area (Å²) in [4.78, 5) is 23.2. The van der Waals surface area contributed by atoms with Crippen LogP contribution in [0, 0.1) is 5.41 Å². The van der Waals surface area contributed by atoms with E-state index >= 15 is 0 Å². The zero-order chi connectivity index (χ0) is 14.8. The molecule has 0 saturated heterocycles. The number of nitrogens with one attached hydrogen (secondary N) is 1. The summed E-state index contributed by atoms with van der Waals surface area (Å²) in [5.41, 5.74) is -0.818. The molecule has 0 bridgehead atoms. The molecule has 0 aromatic rings. The minimum absolute atomic E-state index is 0.110. The first-order valence-electron chi connectivity index (χ1n) is 7.68. The SMILES string of the molecule is CCCCOCCCNC(=O)CC1(C(=O)O)CCCC1. The van der Waals surface area contributed by atoms with E-state index in [1.165, 1.54) is 0 Å². The van der Waals surface area contributed by atoms with Gasteiger partial charge in [-0.2, -0.15) is 0 Å². The second kappa shape index (κ2) is 8.95. The summed E-state index contributed by atoms with van der Waals surface area (Å²) in [6, 6.07) is 0. The van der Waals surface area contributed by atoms with E-state index in [1.807, 2.05) is 0 Å². The van der Waals surface area contributed by atoms with Gasteiger partial charge in [-0.15, -0.1) is 0 Å². The fourth-order valence-corrected chi connectivity index (χ4v) is 2.64. The lowest BCUT2D eigenvalue weighted by Gasteiger charge is -2.22. The van der Waals surface area contributed by atoms with Crippen LogP contribution in [-0.4, -0.2) is 36.7 Å². The second-order valence-electron chi connectivity index (χ2n) is 5.64. The number of carboxylic acids is 1. The van der Waals surface area contributed by atoms with Crippen molar-refractivity contribution in [2.75, 3.05) is 19.8 Å². The van der Waals surface area contributed by atoms with E-state index in [9.17, 15) is 14.7 Å². The molecule has 0 atom stereocenters. The third kappa shape index (κ3) is 5.49. The second-order valence-corrected chi connectivity index (χ2v) is 5.64. The smallest absolute Gasteiger partial charge is 0.310 e. The maximum atomic E-state index is 11.8. The van der Waals surface area contributed by atoms with E-state index in [4.69, 9.17) is 4.74 Å². The van der Waals surface area contributed by atoms with Crippen LogP contribution in [0.5, 0.6) is 0 Å². The summed E-state index contributed by atoms with van der Waals surface area (Å²) in [7, 11) is 0. The van der Waals surface area contributed by atoms with Crippen LogP contribution in [0.15, 0.2) is 0 Å². The number of hydrogen-bond acceptors (Lipinski definition) is 3. The fourth-order valence-electron chi connectivity index (χ4n) is 2.64. The quantitative estimate of drug-likeness (QED) is 0.604. The van der Waals surface area contributed by atoms with Crippen molar-refractivity contribution in [1.29, 1.82) is 0 Å². The molecule has 20 heavy (non-hydrogen) atoms. The summed E-state index contributed by atoms with van der Waals surface area (Å²) in [5, 5.41) is 12.1. The number of carbonyl (C=O) groups is 2. The topological polar surface area (TPSA) is 75.6 Å². The van der Waals surface area contributed by atoms with Gasteiger partial charge in [-0.25, -0.2) is 0 Å². The molecule has 5 heteroatoms. The molecule has 1 amide bonds. The zero-order valence-electron chi connectivity index (χ0n) is 12.5. The molecular formula is C15H27NO4. The van der Waals surface area contributed by atoms with Crippen molar-refractivity contribution in [1.82, 2.24) is 5.32 Å². The number of unbranched alkanes of at least 4 members (excludes halogenated alkanes) is 1. The standard InChI is InChI=1S/C15H27NO4/c1-2-3-10-20-11-6-9-16-13(17)12-15(14(18)19)7-4-5-8-15/h2-12H2,1H3,(H,16,17)(H,18,19). The lowest BCUT2D eigenvalue weighted by molar-refractivity contribution is -0.151. The van der Waals surface area contributed by atoms with E-state index in [-0.39, 0.29) is 12.3 Å². The molecule has 1 fully saturated rings. The molecule has 5 nitrogen and oxygen atoms in total. The van der Waals surface area contributed by atoms with Gasteiger partial charge in [0.1, 0.15) is 0 Å². The van der Waals surface area contributed by atoms with E-state index in [2.05, 4.69) is 12.2 Å². The predicted octanol–water partition coefficient (Wildman–Crippen LogP) is 2.34. The number of hydrogen-bond donors (Lipinski definition) is 2. The molecule has 1 aliphatic carbocycles. The van der Waals surface area contributed by atoms with Gasteiger partial charge in [0.05, 0.1) is 5.41 Å². The number of ether oxygens (including phenoxy) is 1. The van der Waals surface area contributed by atoms with Crippen molar-refractivity contribution in [2.45, 2.75) is 58.3 Å². The Morgan fingerprint density at radius 2 is 1.85 bits per heavy atom. The first kappa shape index (κ1) is 17.0. The van der Waals surface area contributed by atoms with Gasteiger partial charge in [-0.05, 0) is 25.7 Å². The molecule has 0 unspecified atom stereocenters. The minimum atomic E-state index is -0.826. The maximum absolute atomic E-state index is 11.8. The van der Waals surface area contributed by atoms with Crippen molar-refractivity contribution in [2.24, 2.45) is 5.41 Å². The van der Waals surface area contributed by atoms with Crippen molar-refractivity contribution in [3.05, 3.63) is 0 Å².